The second-order valence-corrected chi connectivity index (χ2v) is 4.47. The first-order chi connectivity index (χ1) is 6.86. The third kappa shape index (κ3) is 4.43. The Morgan fingerprint density at radius 2 is 1.93 bits per heavy atom. The van der Waals surface area contributed by atoms with Gasteiger partial charge < -0.3 is 10.0 Å². The van der Waals surface area contributed by atoms with E-state index in [2.05, 4.69) is 11.8 Å². The van der Waals surface area contributed by atoms with Crippen LogP contribution in [0.2, 0.25) is 0 Å². The van der Waals surface area contributed by atoms with Gasteiger partial charge in [-0.25, -0.2) is 0 Å². The predicted octanol–water partition coefficient (Wildman–Crippen LogP) is 2.27. The van der Waals surface area contributed by atoms with Gasteiger partial charge in [-0.2, -0.15) is 0 Å². The summed E-state index contributed by atoms with van der Waals surface area (Å²) in [7, 11) is 0. The molecule has 2 nitrogen and oxygen atoms in total. The van der Waals surface area contributed by atoms with Crippen molar-refractivity contribution in [3.8, 4) is 0 Å². The molecule has 0 radical (unpaired) electrons. The third-order valence-electron chi connectivity index (χ3n) is 3.32. The lowest BCUT2D eigenvalue weighted by Gasteiger charge is -2.28. The van der Waals surface area contributed by atoms with Crippen LogP contribution in [-0.4, -0.2) is 36.2 Å². The lowest BCUT2D eigenvalue weighted by Crippen LogP contribution is -2.31. The van der Waals surface area contributed by atoms with Gasteiger partial charge >= 0.3 is 0 Å². The zero-order chi connectivity index (χ0) is 10.2. The molecular weight excluding hydrogens is 174 g/mol. The fourth-order valence-electron chi connectivity index (χ4n) is 2.41. The summed E-state index contributed by atoms with van der Waals surface area (Å²) in [6.45, 7) is 6.03. The van der Waals surface area contributed by atoms with Gasteiger partial charge in [-0.05, 0) is 31.7 Å². The fraction of sp³-hybridized carbons (Fsp3) is 1.00. The van der Waals surface area contributed by atoms with E-state index in [1.54, 1.807) is 0 Å². The minimum Gasteiger partial charge on any atom is -0.396 e. The highest BCUT2D eigenvalue weighted by molar-refractivity contribution is 4.69. The van der Waals surface area contributed by atoms with Gasteiger partial charge in [0.1, 0.15) is 0 Å². The average molecular weight is 199 g/mol. The van der Waals surface area contributed by atoms with Gasteiger partial charge in [0.25, 0.3) is 0 Å². The van der Waals surface area contributed by atoms with Crippen LogP contribution >= 0.6 is 0 Å². The molecule has 0 heterocycles. The quantitative estimate of drug-likeness (QED) is 0.709. The number of hydrogen-bond acceptors (Lipinski definition) is 2. The van der Waals surface area contributed by atoms with Gasteiger partial charge in [0.05, 0.1) is 0 Å². The van der Waals surface area contributed by atoms with Crippen LogP contribution in [0.15, 0.2) is 0 Å². The molecule has 0 aromatic heterocycles. The molecule has 0 bridgehead atoms. The second-order valence-electron chi connectivity index (χ2n) is 4.47. The summed E-state index contributed by atoms with van der Waals surface area (Å²) < 4.78 is 0. The first-order valence-corrected chi connectivity index (χ1v) is 6.20. The molecular formula is C12H25NO. The van der Waals surface area contributed by atoms with E-state index in [1.807, 2.05) is 0 Å². The van der Waals surface area contributed by atoms with E-state index < -0.39 is 0 Å². The molecule has 14 heavy (non-hydrogen) atoms. The highest BCUT2D eigenvalue weighted by Gasteiger charge is 2.15. The van der Waals surface area contributed by atoms with Gasteiger partial charge in [0, 0.05) is 19.7 Å². The molecule has 0 amide bonds. The summed E-state index contributed by atoms with van der Waals surface area (Å²) in [5.74, 6) is 0.933. The molecule has 84 valence electrons. The van der Waals surface area contributed by atoms with Crippen molar-refractivity contribution in [1.82, 2.24) is 4.90 Å². The molecule has 0 aliphatic heterocycles. The highest BCUT2D eigenvalue weighted by Crippen LogP contribution is 2.24. The molecule has 1 aliphatic rings. The van der Waals surface area contributed by atoms with Gasteiger partial charge in [-0.1, -0.05) is 26.2 Å². The smallest absolute Gasteiger partial charge is 0.0443 e. The van der Waals surface area contributed by atoms with Crippen LogP contribution in [0.1, 0.15) is 45.4 Å². The maximum atomic E-state index is 8.79. The van der Waals surface area contributed by atoms with Gasteiger partial charge in [0.2, 0.25) is 0 Å². The van der Waals surface area contributed by atoms with Crippen molar-refractivity contribution in [1.29, 1.82) is 0 Å². The van der Waals surface area contributed by atoms with E-state index in [1.165, 1.54) is 38.6 Å². The SMILES string of the molecule is CCN(CCCO)CC1CCCCC1. The molecule has 1 saturated carbocycles. The molecule has 1 fully saturated rings. The second kappa shape index (κ2) is 7.24. The van der Waals surface area contributed by atoms with Gasteiger partial charge in [-0.15, -0.1) is 0 Å². The summed E-state index contributed by atoms with van der Waals surface area (Å²) in [6.07, 6.45) is 8.09. The van der Waals surface area contributed by atoms with Gasteiger partial charge in [-0.3, -0.25) is 0 Å². The average Bonchev–Trinajstić information content (AvgIpc) is 2.25. The van der Waals surface area contributed by atoms with E-state index in [9.17, 15) is 0 Å². The number of aliphatic hydroxyl groups excluding tert-OH is 1. The monoisotopic (exact) mass is 199 g/mol. The Labute approximate surface area is 88.3 Å². The van der Waals surface area contributed by atoms with Crippen LogP contribution in [0.3, 0.4) is 0 Å². The van der Waals surface area contributed by atoms with Crippen molar-refractivity contribution < 1.29 is 5.11 Å². The third-order valence-corrected chi connectivity index (χ3v) is 3.32. The Kier molecular flexibility index (Phi) is 6.20. The molecule has 1 rings (SSSR count). The Balaban J connectivity index is 2.16. The predicted molar refractivity (Wildman–Crippen MR) is 60.4 cm³/mol. The fourth-order valence-corrected chi connectivity index (χ4v) is 2.41. The van der Waals surface area contributed by atoms with E-state index in [4.69, 9.17) is 5.11 Å². The lowest BCUT2D eigenvalue weighted by molar-refractivity contribution is 0.187. The molecule has 0 aromatic rings. The summed E-state index contributed by atoms with van der Waals surface area (Å²) in [4.78, 5) is 2.49. The molecule has 0 aromatic carbocycles. The minimum atomic E-state index is 0.334. The molecule has 0 unspecified atom stereocenters. The summed E-state index contributed by atoms with van der Waals surface area (Å²) in [5, 5.41) is 8.79. The van der Waals surface area contributed by atoms with E-state index in [0.29, 0.717) is 6.61 Å². The maximum Gasteiger partial charge on any atom is 0.0443 e. The summed E-state index contributed by atoms with van der Waals surface area (Å²) in [6, 6.07) is 0. The van der Waals surface area contributed by atoms with Crippen molar-refractivity contribution >= 4 is 0 Å². The molecule has 1 aliphatic carbocycles. The Morgan fingerprint density at radius 3 is 2.50 bits per heavy atom. The summed E-state index contributed by atoms with van der Waals surface area (Å²) in [5.41, 5.74) is 0. The van der Waals surface area contributed by atoms with E-state index in [-0.39, 0.29) is 0 Å². The molecule has 0 atom stereocenters. The number of aliphatic hydroxyl groups is 1. The largest absolute Gasteiger partial charge is 0.396 e. The van der Waals surface area contributed by atoms with Crippen LogP contribution in [0, 0.1) is 5.92 Å². The van der Waals surface area contributed by atoms with Crippen molar-refractivity contribution in [2.24, 2.45) is 5.92 Å². The topological polar surface area (TPSA) is 23.5 Å². The van der Waals surface area contributed by atoms with Crippen molar-refractivity contribution in [2.45, 2.75) is 45.4 Å². The van der Waals surface area contributed by atoms with Crippen molar-refractivity contribution in [2.75, 3.05) is 26.2 Å². The van der Waals surface area contributed by atoms with Crippen molar-refractivity contribution in [3.63, 3.8) is 0 Å². The van der Waals surface area contributed by atoms with Crippen LogP contribution < -0.4 is 0 Å². The normalized spacial score (nSPS) is 19.1. The standard InChI is InChI=1S/C12H25NO/c1-2-13(9-6-10-14)11-12-7-4-3-5-8-12/h12,14H,2-11H2,1H3. The van der Waals surface area contributed by atoms with Crippen LogP contribution in [0.25, 0.3) is 0 Å². The maximum absolute atomic E-state index is 8.79. The van der Waals surface area contributed by atoms with Gasteiger partial charge in [0.15, 0.2) is 0 Å². The number of rotatable bonds is 6. The Morgan fingerprint density at radius 1 is 1.21 bits per heavy atom. The molecule has 0 saturated heterocycles. The molecule has 1 N–H and O–H groups in total. The Hall–Kier alpha value is -0.0800. The first-order valence-electron chi connectivity index (χ1n) is 6.20. The van der Waals surface area contributed by atoms with Crippen LogP contribution in [0.4, 0.5) is 0 Å². The van der Waals surface area contributed by atoms with E-state index >= 15 is 0 Å². The minimum absolute atomic E-state index is 0.334. The first kappa shape index (κ1) is 12.0. The molecule has 0 spiro atoms. The number of nitrogens with zero attached hydrogens (tertiary/aromatic N) is 1. The Bertz CT molecular complexity index is 132. The van der Waals surface area contributed by atoms with E-state index in [0.717, 1.165) is 25.4 Å². The van der Waals surface area contributed by atoms with Crippen LogP contribution in [0.5, 0.6) is 0 Å². The highest BCUT2D eigenvalue weighted by atomic mass is 16.3. The number of hydrogen-bond donors (Lipinski definition) is 1. The zero-order valence-corrected chi connectivity index (χ0v) is 9.54. The molecule has 2 heteroatoms. The van der Waals surface area contributed by atoms with Crippen molar-refractivity contribution in [3.05, 3.63) is 0 Å². The lowest BCUT2D eigenvalue weighted by atomic mass is 9.89. The summed E-state index contributed by atoms with van der Waals surface area (Å²) >= 11 is 0. The van der Waals surface area contributed by atoms with Crippen LogP contribution in [-0.2, 0) is 0 Å². The zero-order valence-electron chi connectivity index (χ0n) is 9.54.